The highest BCUT2D eigenvalue weighted by Crippen LogP contribution is 2.35. The number of hydrogen-bond acceptors (Lipinski definition) is 1. The minimum absolute atomic E-state index is 0.298. The Morgan fingerprint density at radius 1 is 1.32 bits per heavy atom. The first kappa shape index (κ1) is 15.8. The Bertz CT molecular complexity index is 424. The Kier molecular flexibility index (Phi) is 5.60. The number of benzene rings is 1. The third kappa shape index (κ3) is 4.71. The largest absolute Gasteiger partial charge is 0.416 e. The molecule has 0 aromatic heterocycles. The van der Waals surface area contributed by atoms with Gasteiger partial charge in [0.2, 0.25) is 0 Å². The van der Waals surface area contributed by atoms with Gasteiger partial charge in [-0.1, -0.05) is 30.7 Å². The van der Waals surface area contributed by atoms with Gasteiger partial charge in [-0.05, 0) is 37.9 Å². The highest BCUT2D eigenvalue weighted by molar-refractivity contribution is 5.33. The van der Waals surface area contributed by atoms with Crippen molar-refractivity contribution in [3.05, 3.63) is 47.5 Å². The van der Waals surface area contributed by atoms with Crippen LogP contribution in [0.2, 0.25) is 0 Å². The summed E-state index contributed by atoms with van der Waals surface area (Å²) in [6.07, 6.45) is -2.94. The maximum atomic E-state index is 13.0. The lowest BCUT2D eigenvalue weighted by molar-refractivity contribution is -0.138. The zero-order valence-electron chi connectivity index (χ0n) is 11.3. The third-order valence-electron chi connectivity index (χ3n) is 2.83. The monoisotopic (exact) mass is 271 g/mol. The lowest BCUT2D eigenvalue weighted by Gasteiger charge is -2.23. The van der Waals surface area contributed by atoms with E-state index in [-0.39, 0.29) is 6.04 Å². The fourth-order valence-electron chi connectivity index (χ4n) is 2.02. The van der Waals surface area contributed by atoms with Crippen molar-refractivity contribution in [2.75, 3.05) is 6.54 Å². The molecule has 0 amide bonds. The number of rotatable bonds is 6. The lowest BCUT2D eigenvalue weighted by Crippen LogP contribution is -2.25. The number of nitrogens with one attached hydrogen (secondary N) is 1. The number of hydrogen-bond donors (Lipinski definition) is 1. The second kappa shape index (κ2) is 6.75. The molecule has 0 aliphatic heterocycles. The summed E-state index contributed by atoms with van der Waals surface area (Å²) in [4.78, 5) is 0. The van der Waals surface area contributed by atoms with Crippen molar-refractivity contribution in [1.29, 1.82) is 0 Å². The lowest BCUT2D eigenvalue weighted by atomic mass is 9.95. The molecular formula is C15H20F3N. The molecule has 1 nitrogen and oxygen atoms in total. The fourth-order valence-corrected chi connectivity index (χ4v) is 2.02. The van der Waals surface area contributed by atoms with Gasteiger partial charge in [0.05, 0.1) is 5.56 Å². The number of alkyl halides is 3. The van der Waals surface area contributed by atoms with Gasteiger partial charge in [-0.3, -0.25) is 0 Å². The van der Waals surface area contributed by atoms with E-state index in [0.717, 1.165) is 18.1 Å². The van der Waals surface area contributed by atoms with Gasteiger partial charge in [0.15, 0.2) is 0 Å². The van der Waals surface area contributed by atoms with Gasteiger partial charge in [-0.15, -0.1) is 6.58 Å². The smallest absolute Gasteiger partial charge is 0.310 e. The van der Waals surface area contributed by atoms with Crippen LogP contribution in [0.4, 0.5) is 13.2 Å². The highest BCUT2D eigenvalue weighted by atomic mass is 19.4. The van der Waals surface area contributed by atoms with Crippen LogP contribution in [-0.4, -0.2) is 6.54 Å². The van der Waals surface area contributed by atoms with Crippen molar-refractivity contribution >= 4 is 0 Å². The van der Waals surface area contributed by atoms with Crippen LogP contribution in [0, 0.1) is 0 Å². The van der Waals surface area contributed by atoms with Crippen molar-refractivity contribution in [2.24, 2.45) is 0 Å². The molecule has 0 spiro atoms. The third-order valence-corrected chi connectivity index (χ3v) is 2.83. The molecule has 1 atom stereocenters. The van der Waals surface area contributed by atoms with Crippen LogP contribution in [0.1, 0.15) is 43.9 Å². The van der Waals surface area contributed by atoms with Crippen molar-refractivity contribution in [1.82, 2.24) is 5.32 Å². The predicted molar refractivity (Wildman–Crippen MR) is 71.9 cm³/mol. The first-order valence-corrected chi connectivity index (χ1v) is 6.40. The summed E-state index contributed by atoms with van der Waals surface area (Å²) in [5.74, 6) is 0. The zero-order valence-corrected chi connectivity index (χ0v) is 11.3. The van der Waals surface area contributed by atoms with Crippen molar-refractivity contribution in [3.63, 3.8) is 0 Å². The van der Waals surface area contributed by atoms with Gasteiger partial charge < -0.3 is 5.32 Å². The topological polar surface area (TPSA) is 12.0 Å². The summed E-state index contributed by atoms with van der Waals surface area (Å²) in [6.45, 7) is 8.30. The van der Waals surface area contributed by atoms with Crippen LogP contribution in [-0.2, 0) is 6.18 Å². The Morgan fingerprint density at radius 2 is 1.95 bits per heavy atom. The summed E-state index contributed by atoms with van der Waals surface area (Å²) in [7, 11) is 0. The van der Waals surface area contributed by atoms with Crippen LogP contribution < -0.4 is 5.32 Å². The fraction of sp³-hybridized carbons (Fsp3) is 0.467. The molecule has 0 aliphatic carbocycles. The second-order valence-electron chi connectivity index (χ2n) is 4.75. The van der Waals surface area contributed by atoms with E-state index in [2.05, 4.69) is 11.9 Å². The molecule has 1 unspecified atom stereocenters. The summed E-state index contributed by atoms with van der Waals surface area (Å²) >= 11 is 0. The maximum absolute atomic E-state index is 13.0. The predicted octanol–water partition coefficient (Wildman–Crippen LogP) is 4.71. The summed E-state index contributed by atoms with van der Waals surface area (Å²) < 4.78 is 39.1. The van der Waals surface area contributed by atoms with E-state index >= 15 is 0 Å². The van der Waals surface area contributed by atoms with Crippen molar-refractivity contribution < 1.29 is 13.2 Å². The van der Waals surface area contributed by atoms with E-state index in [0.29, 0.717) is 18.5 Å². The quantitative estimate of drug-likeness (QED) is 0.739. The molecule has 0 fully saturated rings. The van der Waals surface area contributed by atoms with E-state index in [4.69, 9.17) is 0 Å². The molecule has 0 saturated carbocycles. The molecule has 4 heteroatoms. The first-order valence-electron chi connectivity index (χ1n) is 6.40. The van der Waals surface area contributed by atoms with Crippen LogP contribution in [0.5, 0.6) is 0 Å². The summed E-state index contributed by atoms with van der Waals surface area (Å²) in [5, 5.41) is 3.17. The second-order valence-corrected chi connectivity index (χ2v) is 4.75. The molecule has 106 valence electrons. The minimum atomic E-state index is -4.32. The van der Waals surface area contributed by atoms with E-state index in [1.165, 1.54) is 6.07 Å². The minimum Gasteiger partial charge on any atom is -0.310 e. The van der Waals surface area contributed by atoms with E-state index in [1.807, 2.05) is 13.8 Å². The molecule has 0 radical (unpaired) electrons. The summed E-state index contributed by atoms with van der Waals surface area (Å²) in [5.41, 5.74) is 0.599. The molecule has 1 rings (SSSR count). The molecule has 0 aliphatic rings. The number of halogens is 3. The van der Waals surface area contributed by atoms with E-state index < -0.39 is 11.7 Å². The Morgan fingerprint density at radius 3 is 2.47 bits per heavy atom. The van der Waals surface area contributed by atoms with Crippen molar-refractivity contribution in [2.45, 2.75) is 38.9 Å². The van der Waals surface area contributed by atoms with Gasteiger partial charge in [0.1, 0.15) is 0 Å². The zero-order chi connectivity index (χ0) is 14.5. The average molecular weight is 271 g/mol. The molecule has 19 heavy (non-hydrogen) atoms. The standard InChI is InChI=1S/C15H20F3N/c1-4-9-19-14(10-11(2)3)12-7-5-6-8-13(12)15(16,17)18/h5-8,14,19H,2,4,9-10H2,1,3H3. The highest BCUT2D eigenvalue weighted by Gasteiger charge is 2.34. The molecule has 1 aromatic rings. The molecular weight excluding hydrogens is 251 g/mol. The van der Waals surface area contributed by atoms with E-state index in [1.54, 1.807) is 12.1 Å². The van der Waals surface area contributed by atoms with Crippen LogP contribution in [0.15, 0.2) is 36.4 Å². The SMILES string of the molecule is C=C(C)CC(NCCC)c1ccccc1C(F)(F)F. The van der Waals surface area contributed by atoms with Gasteiger partial charge in [0, 0.05) is 6.04 Å². The Hall–Kier alpha value is -1.29. The van der Waals surface area contributed by atoms with Crippen molar-refractivity contribution in [3.8, 4) is 0 Å². The normalized spacial score (nSPS) is 13.3. The van der Waals surface area contributed by atoms with Gasteiger partial charge in [0.25, 0.3) is 0 Å². The van der Waals surface area contributed by atoms with Gasteiger partial charge in [-0.25, -0.2) is 0 Å². The maximum Gasteiger partial charge on any atom is 0.416 e. The first-order chi connectivity index (χ1) is 8.86. The van der Waals surface area contributed by atoms with Gasteiger partial charge in [-0.2, -0.15) is 13.2 Å². The molecule has 0 heterocycles. The molecule has 0 bridgehead atoms. The van der Waals surface area contributed by atoms with Crippen LogP contribution in [0.25, 0.3) is 0 Å². The van der Waals surface area contributed by atoms with E-state index in [9.17, 15) is 13.2 Å². The van der Waals surface area contributed by atoms with Gasteiger partial charge >= 0.3 is 6.18 Å². The average Bonchev–Trinajstić information content (AvgIpc) is 2.33. The van der Waals surface area contributed by atoms with Crippen LogP contribution >= 0.6 is 0 Å². The molecule has 1 N–H and O–H groups in total. The molecule has 1 aromatic carbocycles. The Labute approximate surface area is 112 Å². The Balaban J connectivity index is 3.10. The van der Waals surface area contributed by atoms with Crippen LogP contribution in [0.3, 0.4) is 0 Å². The summed E-state index contributed by atoms with van der Waals surface area (Å²) in [6, 6.07) is 5.40. The molecule has 0 saturated heterocycles.